The van der Waals surface area contributed by atoms with Gasteiger partial charge in [-0.3, -0.25) is 9.59 Å². The molecule has 0 saturated heterocycles. The van der Waals surface area contributed by atoms with E-state index >= 15 is 0 Å². The third kappa shape index (κ3) is 3.88. The van der Waals surface area contributed by atoms with Gasteiger partial charge >= 0.3 is 0 Å². The fraction of sp³-hybridized carbons (Fsp3) is 0.300. The topological polar surface area (TPSA) is 70.8 Å². The van der Waals surface area contributed by atoms with Crippen molar-refractivity contribution in [3.05, 3.63) is 65.1 Å². The molecule has 1 aromatic carbocycles. The number of amides is 1. The SMILES string of the molecule is O=C1CCCc2occ(C(=O)N(C/C=C/c3ccccc3)CCO)c21. The molecule has 1 aromatic heterocycles. The van der Waals surface area contributed by atoms with Gasteiger partial charge in [0.2, 0.25) is 0 Å². The Hall–Kier alpha value is -2.66. The molecule has 1 heterocycles. The van der Waals surface area contributed by atoms with E-state index in [1.165, 1.54) is 11.2 Å². The lowest BCUT2D eigenvalue weighted by Gasteiger charge is -2.20. The number of aliphatic hydroxyl groups excluding tert-OH is 1. The van der Waals surface area contributed by atoms with Crippen molar-refractivity contribution in [3.8, 4) is 0 Å². The van der Waals surface area contributed by atoms with E-state index in [0.29, 0.717) is 36.3 Å². The minimum absolute atomic E-state index is 0.0397. The van der Waals surface area contributed by atoms with Crippen molar-refractivity contribution in [3.63, 3.8) is 0 Å². The Morgan fingerprint density at radius 2 is 2.04 bits per heavy atom. The minimum Gasteiger partial charge on any atom is -0.468 e. The number of rotatable bonds is 6. The molecule has 1 aliphatic rings. The molecule has 0 fully saturated rings. The molecule has 1 N–H and O–H groups in total. The maximum Gasteiger partial charge on any atom is 0.258 e. The zero-order valence-electron chi connectivity index (χ0n) is 14.0. The second-order valence-corrected chi connectivity index (χ2v) is 6.01. The van der Waals surface area contributed by atoms with Gasteiger partial charge in [0.15, 0.2) is 5.78 Å². The number of benzene rings is 1. The molecule has 1 amide bonds. The highest BCUT2D eigenvalue weighted by Gasteiger charge is 2.29. The summed E-state index contributed by atoms with van der Waals surface area (Å²) in [6.45, 7) is 0.410. The van der Waals surface area contributed by atoms with Crippen LogP contribution >= 0.6 is 0 Å². The number of hydrogen-bond acceptors (Lipinski definition) is 4. The highest BCUT2D eigenvalue weighted by atomic mass is 16.3. The van der Waals surface area contributed by atoms with Crippen LogP contribution in [0.3, 0.4) is 0 Å². The van der Waals surface area contributed by atoms with E-state index in [1.807, 2.05) is 42.5 Å². The summed E-state index contributed by atoms with van der Waals surface area (Å²) in [5, 5.41) is 9.28. The number of fused-ring (bicyclic) bond motifs is 1. The van der Waals surface area contributed by atoms with Gasteiger partial charge in [-0.15, -0.1) is 0 Å². The summed E-state index contributed by atoms with van der Waals surface area (Å²) in [4.78, 5) is 26.5. The first-order valence-corrected chi connectivity index (χ1v) is 8.46. The van der Waals surface area contributed by atoms with Crippen molar-refractivity contribution >= 4 is 17.8 Å². The Morgan fingerprint density at radius 3 is 2.80 bits per heavy atom. The number of carbonyl (C=O) groups excluding carboxylic acids is 2. The number of ketones is 1. The van der Waals surface area contributed by atoms with Crippen molar-refractivity contribution in [2.75, 3.05) is 19.7 Å². The smallest absolute Gasteiger partial charge is 0.258 e. The Kier molecular flexibility index (Phi) is 5.46. The fourth-order valence-electron chi connectivity index (χ4n) is 3.03. The molecule has 0 saturated carbocycles. The summed E-state index contributed by atoms with van der Waals surface area (Å²) >= 11 is 0. The summed E-state index contributed by atoms with van der Waals surface area (Å²) < 4.78 is 5.43. The molecule has 0 radical (unpaired) electrons. The quantitative estimate of drug-likeness (QED) is 0.878. The average molecular weight is 339 g/mol. The summed E-state index contributed by atoms with van der Waals surface area (Å²) in [6, 6.07) is 9.77. The van der Waals surface area contributed by atoms with Gasteiger partial charge in [0.1, 0.15) is 12.0 Å². The van der Waals surface area contributed by atoms with Gasteiger partial charge in [0, 0.05) is 25.9 Å². The standard InChI is InChI=1S/C20H21NO4/c22-13-12-21(11-5-8-15-6-2-1-3-7-15)20(24)16-14-25-18-10-4-9-17(23)19(16)18/h1-3,5-8,14,22H,4,9-13H2/b8-5+. The van der Waals surface area contributed by atoms with E-state index in [1.54, 1.807) is 0 Å². The van der Waals surface area contributed by atoms with Crippen LogP contribution in [0.15, 0.2) is 47.1 Å². The van der Waals surface area contributed by atoms with Crippen LogP contribution in [0.25, 0.3) is 6.08 Å². The predicted octanol–water partition coefficient (Wildman–Crippen LogP) is 2.95. The van der Waals surface area contributed by atoms with Gasteiger partial charge in [0.25, 0.3) is 5.91 Å². The normalized spacial score (nSPS) is 13.9. The second kappa shape index (κ2) is 7.94. The lowest BCUT2D eigenvalue weighted by molar-refractivity contribution is 0.0737. The maximum atomic E-state index is 12.8. The van der Waals surface area contributed by atoms with Crippen LogP contribution < -0.4 is 0 Å². The van der Waals surface area contributed by atoms with Crippen LogP contribution in [0.1, 0.15) is 44.9 Å². The summed E-state index contributed by atoms with van der Waals surface area (Å²) in [7, 11) is 0. The predicted molar refractivity (Wildman–Crippen MR) is 94.4 cm³/mol. The Balaban J connectivity index is 1.76. The third-order valence-electron chi connectivity index (χ3n) is 4.28. The summed E-state index contributed by atoms with van der Waals surface area (Å²) in [5.74, 6) is 0.275. The number of Topliss-reactive ketones (excluding diaryl/α,β-unsaturated/α-hetero) is 1. The molecule has 2 aromatic rings. The van der Waals surface area contributed by atoms with Crippen molar-refractivity contribution in [2.24, 2.45) is 0 Å². The zero-order valence-corrected chi connectivity index (χ0v) is 14.0. The zero-order chi connectivity index (χ0) is 17.6. The highest BCUT2D eigenvalue weighted by molar-refractivity contribution is 6.09. The van der Waals surface area contributed by atoms with E-state index in [4.69, 9.17) is 4.42 Å². The number of nitrogens with zero attached hydrogens (tertiary/aromatic N) is 1. The summed E-state index contributed by atoms with van der Waals surface area (Å²) in [6.07, 6.45) is 7.06. The molecular weight excluding hydrogens is 318 g/mol. The molecule has 25 heavy (non-hydrogen) atoms. The molecule has 0 spiro atoms. The monoisotopic (exact) mass is 339 g/mol. The molecule has 0 bridgehead atoms. The van der Waals surface area contributed by atoms with Crippen LogP contribution in [0.5, 0.6) is 0 Å². The first kappa shape index (κ1) is 17.2. The second-order valence-electron chi connectivity index (χ2n) is 6.01. The number of furan rings is 1. The van der Waals surface area contributed by atoms with Crippen molar-refractivity contribution in [2.45, 2.75) is 19.3 Å². The van der Waals surface area contributed by atoms with Crippen LogP contribution in [0, 0.1) is 0 Å². The fourth-order valence-corrected chi connectivity index (χ4v) is 3.03. The van der Waals surface area contributed by atoms with E-state index in [9.17, 15) is 14.7 Å². The lowest BCUT2D eigenvalue weighted by atomic mass is 9.94. The van der Waals surface area contributed by atoms with Crippen molar-refractivity contribution in [1.82, 2.24) is 4.90 Å². The average Bonchev–Trinajstić information content (AvgIpc) is 3.07. The third-order valence-corrected chi connectivity index (χ3v) is 4.28. The van der Waals surface area contributed by atoms with Gasteiger partial charge in [-0.05, 0) is 12.0 Å². The number of carbonyl (C=O) groups is 2. The van der Waals surface area contributed by atoms with E-state index in [2.05, 4.69) is 0 Å². The summed E-state index contributed by atoms with van der Waals surface area (Å²) in [5.41, 5.74) is 1.77. The molecule has 1 aliphatic carbocycles. The molecule has 130 valence electrons. The van der Waals surface area contributed by atoms with Gasteiger partial charge in [-0.1, -0.05) is 42.5 Å². The van der Waals surface area contributed by atoms with Crippen LogP contribution in [-0.4, -0.2) is 41.4 Å². The number of hydrogen-bond donors (Lipinski definition) is 1. The maximum absolute atomic E-state index is 12.8. The van der Waals surface area contributed by atoms with Gasteiger partial charge in [-0.25, -0.2) is 0 Å². The molecular formula is C20H21NO4. The van der Waals surface area contributed by atoms with Crippen LogP contribution in [0.4, 0.5) is 0 Å². The number of aliphatic hydroxyl groups is 1. The Bertz CT molecular complexity index is 776. The van der Waals surface area contributed by atoms with Crippen molar-refractivity contribution < 1.29 is 19.1 Å². The molecule has 5 heteroatoms. The lowest BCUT2D eigenvalue weighted by Crippen LogP contribution is -2.34. The van der Waals surface area contributed by atoms with E-state index in [0.717, 1.165) is 12.0 Å². The van der Waals surface area contributed by atoms with Gasteiger partial charge in [-0.2, -0.15) is 0 Å². The van der Waals surface area contributed by atoms with Gasteiger partial charge in [0.05, 0.1) is 17.7 Å². The van der Waals surface area contributed by atoms with Crippen molar-refractivity contribution in [1.29, 1.82) is 0 Å². The first-order chi connectivity index (χ1) is 12.2. The molecule has 5 nitrogen and oxygen atoms in total. The largest absolute Gasteiger partial charge is 0.468 e. The molecule has 0 aliphatic heterocycles. The van der Waals surface area contributed by atoms with Crippen LogP contribution in [0.2, 0.25) is 0 Å². The molecule has 0 unspecified atom stereocenters. The Labute approximate surface area is 146 Å². The van der Waals surface area contributed by atoms with Gasteiger partial charge < -0.3 is 14.4 Å². The molecule has 3 rings (SSSR count). The first-order valence-electron chi connectivity index (χ1n) is 8.46. The van der Waals surface area contributed by atoms with E-state index in [-0.39, 0.29) is 24.8 Å². The molecule has 0 atom stereocenters. The number of aryl methyl sites for hydroxylation is 1. The Morgan fingerprint density at radius 1 is 1.24 bits per heavy atom. The minimum atomic E-state index is -0.285. The van der Waals surface area contributed by atoms with Crippen LogP contribution in [-0.2, 0) is 6.42 Å². The van der Waals surface area contributed by atoms with E-state index < -0.39 is 0 Å². The highest BCUT2D eigenvalue weighted by Crippen LogP contribution is 2.27.